The Bertz CT molecular complexity index is 684. The molecule has 2 aromatic rings. The molecule has 2 heteroatoms. The van der Waals surface area contributed by atoms with Crippen LogP contribution in [0.2, 0.25) is 0 Å². The molecule has 1 aliphatic rings. The van der Waals surface area contributed by atoms with E-state index >= 15 is 0 Å². The second-order valence-electron chi connectivity index (χ2n) is 7.07. The topological polar surface area (TPSA) is 24.1 Å². The second-order valence-corrected chi connectivity index (χ2v) is 7.07. The van der Waals surface area contributed by atoms with Gasteiger partial charge in [0, 0.05) is 29.9 Å². The predicted molar refractivity (Wildman–Crippen MR) is 114 cm³/mol. The zero-order valence-corrected chi connectivity index (χ0v) is 15.6. The van der Waals surface area contributed by atoms with Crippen LogP contribution < -0.4 is 10.6 Å². The number of rotatable bonds is 8. The summed E-state index contributed by atoms with van der Waals surface area (Å²) in [5.41, 5.74) is 5.33. The lowest BCUT2D eigenvalue weighted by atomic mass is 9.64. The minimum absolute atomic E-state index is 0.0494. The molecule has 2 nitrogen and oxygen atoms in total. The Morgan fingerprint density at radius 1 is 0.731 bits per heavy atom. The molecule has 0 spiro atoms. The highest BCUT2D eigenvalue weighted by molar-refractivity contribution is 5.64. The zero-order valence-electron chi connectivity index (χ0n) is 15.6. The summed E-state index contributed by atoms with van der Waals surface area (Å²) >= 11 is 0. The fraction of sp³-hybridized carbons (Fsp3) is 0.333. The van der Waals surface area contributed by atoms with Crippen LogP contribution in [-0.4, -0.2) is 13.1 Å². The van der Waals surface area contributed by atoms with Crippen molar-refractivity contribution in [2.24, 2.45) is 0 Å². The fourth-order valence-electron chi connectivity index (χ4n) is 4.31. The van der Waals surface area contributed by atoms with E-state index in [9.17, 15) is 0 Å². The molecule has 0 aromatic heterocycles. The molecule has 0 amide bonds. The summed E-state index contributed by atoms with van der Waals surface area (Å²) in [5.74, 6) is 0. The Morgan fingerprint density at radius 2 is 1.19 bits per heavy atom. The smallest absolute Gasteiger partial charge is 0.0384 e. The Labute approximate surface area is 158 Å². The lowest BCUT2D eigenvalue weighted by molar-refractivity contribution is 0.347. The van der Waals surface area contributed by atoms with Crippen molar-refractivity contribution in [3.05, 3.63) is 85.0 Å². The van der Waals surface area contributed by atoms with Crippen molar-refractivity contribution in [2.45, 2.75) is 37.5 Å². The third-order valence-corrected chi connectivity index (χ3v) is 5.47. The molecule has 0 aliphatic heterocycles. The standard InChI is InChI=1S/C24H30N2/c1-3-18-25-22-14-8-6-12-20(22)24(16-10-5-11-17-24)21-13-7-9-15-23(21)26-19-4-2/h3-4,6-9,12-15,25-26H,1-2,5,10-11,16-19H2. The molecule has 0 atom stereocenters. The summed E-state index contributed by atoms with van der Waals surface area (Å²) in [6.45, 7) is 9.28. The van der Waals surface area contributed by atoms with Gasteiger partial charge in [0.05, 0.1) is 0 Å². The van der Waals surface area contributed by atoms with E-state index < -0.39 is 0 Å². The van der Waals surface area contributed by atoms with Crippen molar-refractivity contribution >= 4 is 11.4 Å². The minimum atomic E-state index is 0.0494. The maximum Gasteiger partial charge on any atom is 0.0384 e. The van der Waals surface area contributed by atoms with Gasteiger partial charge in [-0.1, -0.05) is 67.8 Å². The molecular formula is C24H30N2. The van der Waals surface area contributed by atoms with Gasteiger partial charge >= 0.3 is 0 Å². The summed E-state index contributed by atoms with van der Waals surface area (Å²) < 4.78 is 0. The molecule has 1 fully saturated rings. The Hall–Kier alpha value is -2.48. The molecule has 3 rings (SSSR count). The number of para-hydroxylation sites is 2. The van der Waals surface area contributed by atoms with Crippen molar-refractivity contribution in [3.63, 3.8) is 0 Å². The first-order valence-electron chi connectivity index (χ1n) is 9.70. The average molecular weight is 347 g/mol. The molecule has 0 saturated heterocycles. The Morgan fingerprint density at radius 3 is 1.65 bits per heavy atom. The third kappa shape index (κ3) is 3.70. The van der Waals surface area contributed by atoms with Gasteiger partial charge in [-0.25, -0.2) is 0 Å². The predicted octanol–water partition coefficient (Wildman–Crippen LogP) is 6.13. The molecule has 26 heavy (non-hydrogen) atoms. The van der Waals surface area contributed by atoms with Crippen LogP contribution in [0, 0.1) is 0 Å². The SMILES string of the molecule is C=CCNc1ccccc1C1(c2ccccc2NCC=C)CCCCC1. The Kier molecular flexibility index (Phi) is 6.17. The third-order valence-electron chi connectivity index (χ3n) is 5.47. The number of benzene rings is 2. The summed E-state index contributed by atoms with van der Waals surface area (Å²) in [7, 11) is 0. The first-order valence-corrected chi connectivity index (χ1v) is 9.70. The van der Waals surface area contributed by atoms with E-state index in [1.54, 1.807) is 0 Å². The van der Waals surface area contributed by atoms with Crippen LogP contribution in [0.25, 0.3) is 0 Å². The minimum Gasteiger partial charge on any atom is -0.381 e. The van der Waals surface area contributed by atoms with Crippen LogP contribution in [0.15, 0.2) is 73.8 Å². The van der Waals surface area contributed by atoms with E-state index in [0.717, 1.165) is 13.1 Å². The van der Waals surface area contributed by atoms with Crippen LogP contribution >= 0.6 is 0 Å². The first-order chi connectivity index (χ1) is 12.8. The van der Waals surface area contributed by atoms with Crippen molar-refractivity contribution in [3.8, 4) is 0 Å². The van der Waals surface area contributed by atoms with Crippen LogP contribution in [0.4, 0.5) is 11.4 Å². The van der Waals surface area contributed by atoms with Gasteiger partial charge in [-0.05, 0) is 36.1 Å². The van der Waals surface area contributed by atoms with Gasteiger partial charge in [0.1, 0.15) is 0 Å². The largest absolute Gasteiger partial charge is 0.381 e. The summed E-state index contributed by atoms with van der Waals surface area (Å²) in [6, 6.07) is 17.6. The molecule has 0 bridgehead atoms. The van der Waals surface area contributed by atoms with Gasteiger partial charge in [-0.3, -0.25) is 0 Å². The first kappa shape index (κ1) is 18.3. The van der Waals surface area contributed by atoms with Crippen molar-refractivity contribution in [2.75, 3.05) is 23.7 Å². The maximum atomic E-state index is 3.86. The molecule has 0 radical (unpaired) electrons. The zero-order chi connectivity index (χ0) is 18.2. The van der Waals surface area contributed by atoms with E-state index in [-0.39, 0.29) is 5.41 Å². The van der Waals surface area contributed by atoms with E-state index in [2.05, 4.69) is 72.3 Å². The summed E-state index contributed by atoms with van der Waals surface area (Å²) in [5, 5.41) is 7.13. The monoisotopic (exact) mass is 346 g/mol. The molecule has 2 N–H and O–H groups in total. The van der Waals surface area contributed by atoms with Gasteiger partial charge < -0.3 is 10.6 Å². The van der Waals surface area contributed by atoms with E-state index in [1.165, 1.54) is 54.6 Å². The molecule has 2 aromatic carbocycles. The second kappa shape index (κ2) is 8.75. The summed E-state index contributed by atoms with van der Waals surface area (Å²) in [6.07, 6.45) is 10.1. The van der Waals surface area contributed by atoms with Gasteiger partial charge in [0.15, 0.2) is 0 Å². The van der Waals surface area contributed by atoms with Gasteiger partial charge in [-0.2, -0.15) is 0 Å². The van der Waals surface area contributed by atoms with Crippen molar-refractivity contribution in [1.29, 1.82) is 0 Å². The van der Waals surface area contributed by atoms with E-state index in [4.69, 9.17) is 0 Å². The molecule has 136 valence electrons. The van der Waals surface area contributed by atoms with Crippen LogP contribution in [-0.2, 0) is 5.41 Å². The average Bonchev–Trinajstić information content (AvgIpc) is 2.71. The van der Waals surface area contributed by atoms with E-state index in [0.29, 0.717) is 0 Å². The number of hydrogen-bond acceptors (Lipinski definition) is 2. The normalized spacial score (nSPS) is 15.8. The maximum absolute atomic E-state index is 3.86. The van der Waals surface area contributed by atoms with Crippen molar-refractivity contribution < 1.29 is 0 Å². The van der Waals surface area contributed by atoms with Gasteiger partial charge in [-0.15, -0.1) is 13.2 Å². The highest BCUT2D eigenvalue weighted by atomic mass is 14.9. The quantitative estimate of drug-likeness (QED) is 0.562. The molecule has 0 unspecified atom stereocenters. The summed E-state index contributed by atoms with van der Waals surface area (Å²) in [4.78, 5) is 0. The number of nitrogens with one attached hydrogen (secondary N) is 2. The van der Waals surface area contributed by atoms with Crippen molar-refractivity contribution in [1.82, 2.24) is 0 Å². The van der Waals surface area contributed by atoms with Gasteiger partial charge in [0.2, 0.25) is 0 Å². The molecule has 0 heterocycles. The Balaban J connectivity index is 2.12. The lowest BCUT2D eigenvalue weighted by Crippen LogP contribution is -2.32. The fourth-order valence-corrected chi connectivity index (χ4v) is 4.31. The van der Waals surface area contributed by atoms with Gasteiger partial charge in [0.25, 0.3) is 0 Å². The van der Waals surface area contributed by atoms with Crippen LogP contribution in [0.3, 0.4) is 0 Å². The molecule has 1 aliphatic carbocycles. The highest BCUT2D eigenvalue weighted by Gasteiger charge is 2.38. The number of anilines is 2. The molecule has 1 saturated carbocycles. The van der Waals surface area contributed by atoms with Crippen LogP contribution in [0.5, 0.6) is 0 Å². The van der Waals surface area contributed by atoms with Crippen LogP contribution in [0.1, 0.15) is 43.2 Å². The lowest BCUT2D eigenvalue weighted by Gasteiger charge is -2.41. The van der Waals surface area contributed by atoms with E-state index in [1.807, 2.05) is 12.2 Å². The highest BCUT2D eigenvalue weighted by Crippen LogP contribution is 2.49. The molecular weight excluding hydrogens is 316 g/mol. The number of hydrogen-bond donors (Lipinski definition) is 2.